The van der Waals surface area contributed by atoms with E-state index < -0.39 is 0 Å². The smallest absolute Gasteiger partial charge is 0.119 e. The van der Waals surface area contributed by atoms with E-state index in [1.807, 2.05) is 60.7 Å². The van der Waals surface area contributed by atoms with E-state index in [1.165, 1.54) is 11.8 Å². The predicted octanol–water partition coefficient (Wildman–Crippen LogP) is 4.93. The number of benzene rings is 3. The molecule has 0 heterocycles. The Morgan fingerprint density at radius 1 is 0.852 bits per heavy atom. The Kier molecular flexibility index (Phi) is 6.47. The summed E-state index contributed by atoms with van der Waals surface area (Å²) in [5.41, 5.74) is 4.24. The molecule has 3 rings (SSSR count). The van der Waals surface area contributed by atoms with Gasteiger partial charge in [0.25, 0.3) is 0 Å². The maximum Gasteiger partial charge on any atom is 0.119 e. The largest absolute Gasteiger partial charge is 0.497 e. The van der Waals surface area contributed by atoms with E-state index in [1.54, 1.807) is 7.11 Å². The summed E-state index contributed by atoms with van der Waals surface area (Å²) in [5, 5.41) is 10.8. The number of nitrogens with one attached hydrogen (secondary N) is 2. The van der Waals surface area contributed by atoms with Gasteiger partial charge in [0.2, 0.25) is 0 Å². The van der Waals surface area contributed by atoms with Crippen molar-refractivity contribution in [2.45, 2.75) is 13.0 Å². The average Bonchev–Trinajstić information content (AvgIpc) is 2.74. The first kappa shape index (κ1) is 18.5. The minimum absolute atomic E-state index is 0.533. The molecule has 27 heavy (non-hydrogen) atoms. The van der Waals surface area contributed by atoms with Crippen LogP contribution >= 0.6 is 0 Å². The molecule has 0 aliphatic heterocycles. The summed E-state index contributed by atoms with van der Waals surface area (Å²) in [7, 11) is 1.66. The third kappa shape index (κ3) is 5.35. The van der Waals surface area contributed by atoms with Gasteiger partial charge in [0.05, 0.1) is 7.11 Å². The normalized spacial score (nSPS) is 10.3. The summed E-state index contributed by atoms with van der Waals surface area (Å²) < 4.78 is 11.0. The Hall–Kier alpha value is -3.27. The molecule has 0 aromatic heterocycles. The predicted molar refractivity (Wildman–Crippen MR) is 110 cm³/mol. The lowest BCUT2D eigenvalue weighted by Crippen LogP contribution is -2.06. The zero-order valence-corrected chi connectivity index (χ0v) is 15.4. The maximum absolute atomic E-state index is 7.44. The van der Waals surface area contributed by atoms with E-state index in [0.717, 1.165) is 41.3 Å². The number of para-hydroxylation sites is 1. The van der Waals surface area contributed by atoms with Gasteiger partial charge in [0.15, 0.2) is 0 Å². The summed E-state index contributed by atoms with van der Waals surface area (Å²) in [6.07, 6.45) is 2.28. The van der Waals surface area contributed by atoms with Crippen LogP contribution in [-0.2, 0) is 13.0 Å². The van der Waals surface area contributed by atoms with Crippen LogP contribution in [0, 0.1) is 5.41 Å². The van der Waals surface area contributed by atoms with Crippen LogP contribution in [0.4, 0.5) is 5.69 Å². The minimum Gasteiger partial charge on any atom is -0.497 e. The lowest BCUT2D eigenvalue weighted by molar-refractivity contribution is 0.306. The van der Waals surface area contributed by atoms with Crippen LogP contribution < -0.4 is 14.8 Å². The zero-order chi connectivity index (χ0) is 18.9. The third-order valence-corrected chi connectivity index (χ3v) is 4.33. The molecule has 3 aromatic rings. The highest BCUT2D eigenvalue weighted by Crippen LogP contribution is 2.17. The van der Waals surface area contributed by atoms with Crippen molar-refractivity contribution in [3.8, 4) is 11.5 Å². The molecule has 0 saturated heterocycles. The van der Waals surface area contributed by atoms with Gasteiger partial charge in [-0.1, -0.05) is 42.5 Å². The highest BCUT2D eigenvalue weighted by Gasteiger charge is 2.00. The first-order chi connectivity index (χ1) is 13.3. The molecule has 0 spiro atoms. The lowest BCUT2D eigenvalue weighted by atomic mass is 10.1. The summed E-state index contributed by atoms with van der Waals surface area (Å²) in [6, 6.07) is 23.9. The van der Waals surface area contributed by atoms with Crippen LogP contribution in [0.2, 0.25) is 0 Å². The van der Waals surface area contributed by atoms with E-state index in [9.17, 15) is 0 Å². The first-order valence-corrected chi connectivity index (χ1v) is 8.96. The van der Waals surface area contributed by atoms with Gasteiger partial charge in [-0.15, -0.1) is 0 Å². The fourth-order valence-corrected chi connectivity index (χ4v) is 2.77. The number of ether oxygens (including phenoxy) is 2. The molecule has 0 saturated carbocycles. The number of hydrogen-bond acceptors (Lipinski definition) is 4. The average molecular weight is 360 g/mol. The lowest BCUT2D eigenvalue weighted by Gasteiger charge is -2.10. The van der Waals surface area contributed by atoms with Gasteiger partial charge in [-0.25, -0.2) is 0 Å². The van der Waals surface area contributed by atoms with Crippen molar-refractivity contribution in [1.29, 1.82) is 5.41 Å². The fourth-order valence-electron chi connectivity index (χ4n) is 2.77. The Bertz CT molecular complexity index is 858. The van der Waals surface area contributed by atoms with Crippen LogP contribution in [0.1, 0.15) is 16.7 Å². The molecule has 0 aliphatic rings. The highest BCUT2D eigenvalue weighted by atomic mass is 16.5. The van der Waals surface area contributed by atoms with Crippen molar-refractivity contribution in [3.63, 3.8) is 0 Å². The summed E-state index contributed by atoms with van der Waals surface area (Å²) in [6.45, 7) is 1.35. The van der Waals surface area contributed by atoms with Gasteiger partial charge in [0, 0.05) is 24.0 Å². The van der Waals surface area contributed by atoms with Gasteiger partial charge < -0.3 is 20.2 Å². The molecule has 0 atom stereocenters. The van der Waals surface area contributed by atoms with Crippen LogP contribution in [-0.4, -0.2) is 19.9 Å². The van der Waals surface area contributed by atoms with Crippen molar-refractivity contribution < 1.29 is 9.47 Å². The monoisotopic (exact) mass is 360 g/mol. The Morgan fingerprint density at radius 2 is 1.52 bits per heavy atom. The van der Waals surface area contributed by atoms with E-state index in [2.05, 4.69) is 17.4 Å². The summed E-state index contributed by atoms with van der Waals surface area (Å²) in [4.78, 5) is 0. The second-order valence-electron chi connectivity index (χ2n) is 6.19. The number of methoxy groups -OCH3 is 1. The van der Waals surface area contributed by atoms with Crippen molar-refractivity contribution >= 4 is 11.9 Å². The summed E-state index contributed by atoms with van der Waals surface area (Å²) >= 11 is 0. The van der Waals surface area contributed by atoms with Crippen LogP contribution in [0.5, 0.6) is 11.5 Å². The van der Waals surface area contributed by atoms with Crippen molar-refractivity contribution in [2.24, 2.45) is 0 Å². The zero-order valence-electron chi connectivity index (χ0n) is 15.4. The number of hydrogen-bond donors (Lipinski definition) is 2. The Morgan fingerprint density at radius 3 is 2.22 bits per heavy atom. The molecule has 2 N–H and O–H groups in total. The van der Waals surface area contributed by atoms with Crippen molar-refractivity contribution in [1.82, 2.24) is 0 Å². The third-order valence-electron chi connectivity index (χ3n) is 4.33. The van der Waals surface area contributed by atoms with E-state index in [-0.39, 0.29) is 0 Å². The van der Waals surface area contributed by atoms with Crippen molar-refractivity contribution in [2.75, 3.05) is 19.0 Å². The van der Waals surface area contributed by atoms with Gasteiger partial charge in [-0.3, -0.25) is 0 Å². The van der Waals surface area contributed by atoms with Crippen molar-refractivity contribution in [3.05, 3.63) is 89.5 Å². The molecule has 0 unspecified atom stereocenters. The molecule has 138 valence electrons. The topological polar surface area (TPSA) is 54.3 Å². The maximum atomic E-state index is 7.44. The van der Waals surface area contributed by atoms with Gasteiger partial charge in [-0.2, -0.15) is 0 Å². The Balaban J connectivity index is 1.47. The second kappa shape index (κ2) is 9.43. The standard InChI is InChI=1S/C23H24N2O2/c1-26-21-10-8-19(9-11-21)17-27-22-12-6-18(7-13-22)14-15-25-23-5-3-2-4-20(23)16-24/h2-13,16,24-25H,14-15,17H2,1H3. The first-order valence-electron chi connectivity index (χ1n) is 8.96. The molecule has 0 fully saturated rings. The molecule has 3 aromatic carbocycles. The SMILES string of the molecule is COc1ccc(COc2ccc(CCNc3ccccc3C=N)cc2)cc1. The molecular formula is C23H24N2O2. The number of rotatable bonds is 9. The van der Waals surface area contributed by atoms with Gasteiger partial charge in [-0.05, 0) is 47.9 Å². The fraction of sp³-hybridized carbons (Fsp3) is 0.174. The van der Waals surface area contributed by atoms with Crippen LogP contribution in [0.25, 0.3) is 0 Å². The van der Waals surface area contributed by atoms with Gasteiger partial charge >= 0.3 is 0 Å². The molecular weight excluding hydrogens is 336 g/mol. The molecule has 4 nitrogen and oxygen atoms in total. The van der Waals surface area contributed by atoms with E-state index in [4.69, 9.17) is 14.9 Å². The van der Waals surface area contributed by atoms with Crippen LogP contribution in [0.15, 0.2) is 72.8 Å². The van der Waals surface area contributed by atoms with Gasteiger partial charge in [0.1, 0.15) is 18.1 Å². The molecule has 4 heteroatoms. The highest BCUT2D eigenvalue weighted by molar-refractivity contribution is 5.85. The minimum atomic E-state index is 0.533. The quantitative estimate of drug-likeness (QED) is 0.532. The second-order valence-corrected chi connectivity index (χ2v) is 6.19. The molecule has 0 amide bonds. The Labute approximate surface area is 160 Å². The molecule has 0 radical (unpaired) electrons. The van der Waals surface area contributed by atoms with E-state index >= 15 is 0 Å². The molecule has 0 bridgehead atoms. The van der Waals surface area contributed by atoms with Crippen LogP contribution in [0.3, 0.4) is 0 Å². The summed E-state index contributed by atoms with van der Waals surface area (Å²) in [5.74, 6) is 1.71. The van der Waals surface area contributed by atoms with E-state index in [0.29, 0.717) is 6.61 Å². The number of anilines is 1. The molecule has 0 aliphatic carbocycles.